The van der Waals surface area contributed by atoms with E-state index < -0.39 is 0 Å². The highest BCUT2D eigenvalue weighted by atomic mass is 16.5. The molecule has 1 heterocycles. The molecular weight excluding hydrogens is 200 g/mol. The predicted octanol–water partition coefficient (Wildman–Crippen LogP) is 3.33. The number of anilines is 1. The third kappa shape index (κ3) is 4.51. The second kappa shape index (κ2) is 6.36. The van der Waals surface area contributed by atoms with Crippen molar-refractivity contribution in [1.29, 1.82) is 0 Å². The maximum absolute atomic E-state index is 5.06. The molecule has 1 atom stereocenters. The number of rotatable bonds is 6. The van der Waals surface area contributed by atoms with Crippen LogP contribution in [0.4, 0.5) is 5.82 Å². The van der Waals surface area contributed by atoms with Crippen molar-refractivity contribution in [1.82, 2.24) is 4.98 Å². The van der Waals surface area contributed by atoms with E-state index in [0.29, 0.717) is 6.04 Å². The Balaban J connectivity index is 2.40. The second-order valence-corrected chi connectivity index (χ2v) is 4.60. The highest BCUT2D eigenvalue weighted by Gasteiger charge is 2.04. The summed E-state index contributed by atoms with van der Waals surface area (Å²) < 4.78 is 5.06. The lowest BCUT2D eigenvalue weighted by molar-refractivity contribution is 0.413. The van der Waals surface area contributed by atoms with E-state index in [1.54, 1.807) is 13.3 Å². The Labute approximate surface area is 98.2 Å². The van der Waals surface area contributed by atoms with Crippen LogP contribution >= 0.6 is 0 Å². The molecule has 1 N–H and O–H groups in total. The fourth-order valence-corrected chi connectivity index (χ4v) is 1.49. The van der Waals surface area contributed by atoms with Crippen molar-refractivity contribution in [2.45, 2.75) is 39.7 Å². The van der Waals surface area contributed by atoms with Gasteiger partial charge in [0.15, 0.2) is 0 Å². The molecule has 1 unspecified atom stereocenters. The van der Waals surface area contributed by atoms with Crippen LogP contribution in [-0.4, -0.2) is 18.1 Å². The first kappa shape index (κ1) is 12.8. The van der Waals surface area contributed by atoms with E-state index in [9.17, 15) is 0 Å². The molecule has 0 aliphatic rings. The first-order chi connectivity index (χ1) is 7.61. The summed E-state index contributed by atoms with van der Waals surface area (Å²) in [7, 11) is 1.65. The Morgan fingerprint density at radius 2 is 2.00 bits per heavy atom. The van der Waals surface area contributed by atoms with Crippen LogP contribution in [0, 0.1) is 5.92 Å². The zero-order valence-electron chi connectivity index (χ0n) is 10.7. The van der Waals surface area contributed by atoms with Crippen molar-refractivity contribution in [2.24, 2.45) is 5.92 Å². The van der Waals surface area contributed by atoms with Gasteiger partial charge in [-0.15, -0.1) is 0 Å². The number of nitrogens with zero attached hydrogens (tertiary/aromatic N) is 1. The molecule has 0 bridgehead atoms. The molecule has 0 spiro atoms. The summed E-state index contributed by atoms with van der Waals surface area (Å²) in [6, 6.07) is 4.33. The third-order valence-electron chi connectivity index (χ3n) is 2.54. The molecule has 0 fully saturated rings. The highest BCUT2D eigenvalue weighted by molar-refractivity contribution is 5.38. The lowest BCUT2D eigenvalue weighted by Gasteiger charge is -2.15. The summed E-state index contributed by atoms with van der Waals surface area (Å²) in [6.07, 6.45) is 4.15. The lowest BCUT2D eigenvalue weighted by atomic mass is 10.0. The van der Waals surface area contributed by atoms with Gasteiger partial charge in [-0.3, -0.25) is 0 Å². The Hall–Kier alpha value is -1.25. The van der Waals surface area contributed by atoms with Crippen molar-refractivity contribution >= 4 is 5.82 Å². The Bertz CT molecular complexity index is 295. The van der Waals surface area contributed by atoms with Gasteiger partial charge in [0.05, 0.1) is 13.3 Å². The molecule has 3 nitrogen and oxygen atoms in total. The van der Waals surface area contributed by atoms with Crippen molar-refractivity contribution in [3.05, 3.63) is 18.3 Å². The fraction of sp³-hybridized carbons (Fsp3) is 0.615. The van der Waals surface area contributed by atoms with E-state index in [2.05, 4.69) is 31.1 Å². The van der Waals surface area contributed by atoms with E-state index in [0.717, 1.165) is 17.5 Å². The number of aromatic nitrogens is 1. The molecule has 0 radical (unpaired) electrons. The van der Waals surface area contributed by atoms with Crippen molar-refractivity contribution in [3.8, 4) is 5.75 Å². The first-order valence-corrected chi connectivity index (χ1v) is 5.88. The van der Waals surface area contributed by atoms with E-state index in [-0.39, 0.29) is 0 Å². The zero-order chi connectivity index (χ0) is 12.0. The monoisotopic (exact) mass is 222 g/mol. The normalized spacial score (nSPS) is 12.6. The van der Waals surface area contributed by atoms with Crippen LogP contribution in [0.15, 0.2) is 18.3 Å². The fourth-order valence-electron chi connectivity index (χ4n) is 1.49. The van der Waals surface area contributed by atoms with Crippen LogP contribution in [0.1, 0.15) is 33.6 Å². The molecule has 0 aromatic carbocycles. The standard InChI is InChI=1S/C13H22N2O/c1-10(2)5-6-11(3)15-13-8-7-12(16-4)9-14-13/h7-11H,5-6H2,1-4H3,(H,14,15). The smallest absolute Gasteiger partial charge is 0.137 e. The molecule has 0 saturated carbocycles. The molecule has 0 amide bonds. The summed E-state index contributed by atoms with van der Waals surface area (Å²) in [5, 5.41) is 3.38. The van der Waals surface area contributed by atoms with Gasteiger partial charge in [0.25, 0.3) is 0 Å². The van der Waals surface area contributed by atoms with Gasteiger partial charge in [-0.25, -0.2) is 4.98 Å². The second-order valence-electron chi connectivity index (χ2n) is 4.60. The number of nitrogens with one attached hydrogen (secondary N) is 1. The molecule has 90 valence electrons. The number of methoxy groups -OCH3 is 1. The molecule has 1 aromatic heterocycles. The number of ether oxygens (including phenoxy) is 1. The molecule has 0 aliphatic heterocycles. The first-order valence-electron chi connectivity index (χ1n) is 5.88. The maximum atomic E-state index is 5.06. The summed E-state index contributed by atoms with van der Waals surface area (Å²) >= 11 is 0. The van der Waals surface area contributed by atoms with E-state index in [4.69, 9.17) is 4.74 Å². The predicted molar refractivity (Wildman–Crippen MR) is 67.9 cm³/mol. The van der Waals surface area contributed by atoms with Gasteiger partial charge >= 0.3 is 0 Å². The van der Waals surface area contributed by atoms with Gasteiger partial charge in [0.1, 0.15) is 11.6 Å². The molecular formula is C13H22N2O. The Kier molecular flexibility index (Phi) is 5.09. The molecule has 16 heavy (non-hydrogen) atoms. The van der Waals surface area contributed by atoms with Gasteiger partial charge in [0, 0.05) is 6.04 Å². The van der Waals surface area contributed by atoms with Crippen LogP contribution in [-0.2, 0) is 0 Å². The zero-order valence-corrected chi connectivity index (χ0v) is 10.7. The van der Waals surface area contributed by atoms with Crippen LogP contribution in [0.5, 0.6) is 5.75 Å². The molecule has 1 rings (SSSR count). The molecule has 3 heteroatoms. The minimum atomic E-state index is 0.461. The number of hydrogen-bond acceptors (Lipinski definition) is 3. The minimum Gasteiger partial charge on any atom is -0.495 e. The van der Waals surface area contributed by atoms with E-state index in [1.807, 2.05) is 12.1 Å². The summed E-state index contributed by atoms with van der Waals surface area (Å²) in [5.41, 5.74) is 0. The van der Waals surface area contributed by atoms with Crippen molar-refractivity contribution in [2.75, 3.05) is 12.4 Å². The largest absolute Gasteiger partial charge is 0.495 e. The van der Waals surface area contributed by atoms with Crippen LogP contribution in [0.25, 0.3) is 0 Å². The van der Waals surface area contributed by atoms with Crippen LogP contribution in [0.2, 0.25) is 0 Å². The number of hydrogen-bond donors (Lipinski definition) is 1. The van der Waals surface area contributed by atoms with E-state index >= 15 is 0 Å². The van der Waals surface area contributed by atoms with Gasteiger partial charge in [-0.2, -0.15) is 0 Å². The average Bonchev–Trinajstić information content (AvgIpc) is 2.27. The van der Waals surface area contributed by atoms with Gasteiger partial charge in [0.2, 0.25) is 0 Å². The molecule has 0 saturated heterocycles. The average molecular weight is 222 g/mol. The van der Waals surface area contributed by atoms with Crippen LogP contribution in [0.3, 0.4) is 0 Å². The SMILES string of the molecule is COc1ccc(NC(C)CCC(C)C)nc1. The van der Waals surface area contributed by atoms with E-state index in [1.165, 1.54) is 12.8 Å². The number of pyridine rings is 1. The lowest BCUT2D eigenvalue weighted by Crippen LogP contribution is -2.16. The summed E-state index contributed by atoms with van der Waals surface area (Å²) in [6.45, 7) is 6.69. The highest BCUT2D eigenvalue weighted by Crippen LogP contribution is 2.14. The van der Waals surface area contributed by atoms with Gasteiger partial charge in [-0.1, -0.05) is 13.8 Å². The molecule has 0 aliphatic carbocycles. The summed E-state index contributed by atoms with van der Waals surface area (Å²) in [5.74, 6) is 2.46. The van der Waals surface area contributed by atoms with Crippen molar-refractivity contribution < 1.29 is 4.74 Å². The van der Waals surface area contributed by atoms with Gasteiger partial charge < -0.3 is 10.1 Å². The Morgan fingerprint density at radius 1 is 1.25 bits per heavy atom. The Morgan fingerprint density at radius 3 is 2.50 bits per heavy atom. The third-order valence-corrected chi connectivity index (χ3v) is 2.54. The quantitative estimate of drug-likeness (QED) is 0.801. The van der Waals surface area contributed by atoms with Crippen LogP contribution < -0.4 is 10.1 Å². The summed E-state index contributed by atoms with van der Waals surface area (Å²) in [4.78, 5) is 4.28. The minimum absolute atomic E-state index is 0.461. The molecule has 1 aromatic rings. The topological polar surface area (TPSA) is 34.1 Å². The van der Waals surface area contributed by atoms with Crippen molar-refractivity contribution in [3.63, 3.8) is 0 Å². The van der Waals surface area contributed by atoms with Gasteiger partial charge in [-0.05, 0) is 37.8 Å². The maximum Gasteiger partial charge on any atom is 0.137 e.